The van der Waals surface area contributed by atoms with E-state index in [-0.39, 0.29) is 18.5 Å². The molecule has 1 atom stereocenters. The van der Waals surface area contributed by atoms with Crippen LogP contribution < -0.4 is 9.62 Å². The van der Waals surface area contributed by atoms with Gasteiger partial charge in [0.05, 0.1) is 11.9 Å². The predicted octanol–water partition coefficient (Wildman–Crippen LogP) is 3.47. The largest absolute Gasteiger partial charge is 0.352 e. The molecule has 0 bridgehead atoms. The monoisotopic (exact) mass is 523 g/mol. The number of aryl methyl sites for hydroxylation is 1. The van der Waals surface area contributed by atoms with E-state index in [1.54, 1.807) is 31.2 Å². The van der Waals surface area contributed by atoms with Crippen LogP contribution in [0.15, 0.2) is 53.0 Å². The molecule has 9 heteroatoms. The number of nitrogens with zero attached hydrogens (tertiary/aromatic N) is 2. The molecular weight excluding hydrogens is 494 g/mol. The molecule has 0 unspecified atom stereocenters. The zero-order valence-corrected chi connectivity index (χ0v) is 21.4. The van der Waals surface area contributed by atoms with Crippen LogP contribution in [0.1, 0.15) is 31.9 Å². The lowest BCUT2D eigenvalue weighted by Gasteiger charge is -2.32. The van der Waals surface area contributed by atoms with Gasteiger partial charge in [-0.15, -0.1) is 0 Å². The van der Waals surface area contributed by atoms with Crippen LogP contribution in [0.2, 0.25) is 0 Å². The SMILES string of the molecule is Cc1ccc(CN(C(=O)CN(c2ccc(Br)cc2)S(C)(=O)=O)[C@H](C)C(=O)NC(C)C)cc1. The molecule has 2 aromatic carbocycles. The molecule has 0 aliphatic rings. The number of nitrogens with one attached hydrogen (secondary N) is 1. The van der Waals surface area contributed by atoms with Gasteiger partial charge >= 0.3 is 0 Å². The number of anilines is 1. The molecule has 2 aromatic rings. The third kappa shape index (κ3) is 7.34. The summed E-state index contributed by atoms with van der Waals surface area (Å²) >= 11 is 3.33. The zero-order valence-electron chi connectivity index (χ0n) is 19.0. The summed E-state index contributed by atoms with van der Waals surface area (Å²) < 4.78 is 26.8. The van der Waals surface area contributed by atoms with Gasteiger partial charge in [-0.1, -0.05) is 45.8 Å². The molecule has 0 spiro atoms. The minimum absolute atomic E-state index is 0.0865. The number of carbonyl (C=O) groups excluding carboxylic acids is 2. The molecule has 0 aromatic heterocycles. The lowest BCUT2D eigenvalue weighted by molar-refractivity contribution is -0.139. The standard InChI is InChI=1S/C23H30BrN3O4S/c1-16(2)25-23(29)18(4)26(14-19-8-6-17(3)7-9-19)22(28)15-27(32(5,30)31)21-12-10-20(24)11-13-21/h6-13,16,18H,14-15H2,1-5H3,(H,25,29)/t18-/m1/s1. The average Bonchev–Trinajstić information content (AvgIpc) is 2.70. The minimum atomic E-state index is -3.73. The summed E-state index contributed by atoms with van der Waals surface area (Å²) in [5, 5.41) is 2.82. The molecule has 0 fully saturated rings. The number of sulfonamides is 1. The molecule has 174 valence electrons. The van der Waals surface area contributed by atoms with Gasteiger partial charge in [0.25, 0.3) is 0 Å². The number of hydrogen-bond acceptors (Lipinski definition) is 4. The van der Waals surface area contributed by atoms with Gasteiger partial charge in [-0.05, 0) is 57.5 Å². The van der Waals surface area contributed by atoms with Gasteiger partial charge in [-0.3, -0.25) is 13.9 Å². The van der Waals surface area contributed by atoms with Crippen molar-refractivity contribution in [3.63, 3.8) is 0 Å². The van der Waals surface area contributed by atoms with Crippen molar-refractivity contribution in [2.75, 3.05) is 17.1 Å². The summed E-state index contributed by atoms with van der Waals surface area (Å²) in [6, 6.07) is 13.5. The second-order valence-corrected chi connectivity index (χ2v) is 10.9. The molecule has 7 nitrogen and oxygen atoms in total. The summed E-state index contributed by atoms with van der Waals surface area (Å²) in [7, 11) is -3.73. The van der Waals surface area contributed by atoms with E-state index < -0.39 is 28.5 Å². The van der Waals surface area contributed by atoms with Crippen LogP contribution in [0, 0.1) is 6.92 Å². The highest BCUT2D eigenvalue weighted by molar-refractivity contribution is 9.10. The maximum atomic E-state index is 13.4. The van der Waals surface area contributed by atoms with E-state index >= 15 is 0 Å². The lowest BCUT2D eigenvalue weighted by atomic mass is 10.1. The maximum Gasteiger partial charge on any atom is 0.244 e. The third-order valence-corrected chi connectivity index (χ3v) is 6.53. The molecule has 1 N–H and O–H groups in total. The molecule has 0 aliphatic carbocycles. The molecule has 32 heavy (non-hydrogen) atoms. The Morgan fingerprint density at radius 3 is 2.06 bits per heavy atom. The molecule has 0 heterocycles. The number of hydrogen-bond donors (Lipinski definition) is 1. The lowest BCUT2D eigenvalue weighted by Crippen LogP contribution is -2.52. The van der Waals surface area contributed by atoms with Crippen LogP contribution in [0.25, 0.3) is 0 Å². The van der Waals surface area contributed by atoms with Gasteiger partial charge in [0, 0.05) is 17.1 Å². The van der Waals surface area contributed by atoms with Crippen molar-refractivity contribution in [3.8, 4) is 0 Å². The number of benzene rings is 2. The van der Waals surface area contributed by atoms with Crippen LogP contribution in [-0.4, -0.2) is 50.0 Å². The van der Waals surface area contributed by atoms with Crippen molar-refractivity contribution in [1.82, 2.24) is 10.2 Å². The Labute approximate surface area is 199 Å². The highest BCUT2D eigenvalue weighted by atomic mass is 79.9. The van der Waals surface area contributed by atoms with Crippen molar-refractivity contribution in [2.24, 2.45) is 0 Å². The summed E-state index contributed by atoms with van der Waals surface area (Å²) in [4.78, 5) is 27.5. The molecule has 0 radical (unpaired) electrons. The van der Waals surface area contributed by atoms with E-state index in [0.717, 1.165) is 26.2 Å². The summed E-state index contributed by atoms with van der Waals surface area (Å²) in [6.07, 6.45) is 1.06. The minimum Gasteiger partial charge on any atom is -0.352 e. The first kappa shape index (κ1) is 25.9. The van der Waals surface area contributed by atoms with Crippen molar-refractivity contribution in [1.29, 1.82) is 0 Å². The van der Waals surface area contributed by atoms with Crippen LogP contribution in [0.3, 0.4) is 0 Å². The summed E-state index contributed by atoms with van der Waals surface area (Å²) in [5.41, 5.74) is 2.30. The molecule has 2 amide bonds. The second-order valence-electron chi connectivity index (χ2n) is 8.09. The van der Waals surface area contributed by atoms with Gasteiger partial charge in [0.2, 0.25) is 21.8 Å². The number of rotatable bonds is 9. The van der Waals surface area contributed by atoms with Gasteiger partial charge in [0.15, 0.2) is 0 Å². The Bertz CT molecular complexity index is 1040. The first-order chi connectivity index (χ1) is 14.9. The highest BCUT2D eigenvalue weighted by Crippen LogP contribution is 2.21. The number of carbonyl (C=O) groups is 2. The fourth-order valence-electron chi connectivity index (χ4n) is 3.10. The van der Waals surface area contributed by atoms with Crippen molar-refractivity contribution >= 4 is 43.5 Å². The molecule has 0 saturated carbocycles. The quantitative estimate of drug-likeness (QED) is 0.545. The molecule has 0 saturated heterocycles. The van der Waals surface area contributed by atoms with Crippen molar-refractivity contribution in [2.45, 2.75) is 46.3 Å². The number of halogens is 1. The Kier molecular flexibility index (Phi) is 8.86. The van der Waals surface area contributed by atoms with Crippen LogP contribution >= 0.6 is 15.9 Å². The van der Waals surface area contributed by atoms with Gasteiger partial charge in [0.1, 0.15) is 12.6 Å². The Hall–Kier alpha value is -2.39. The van der Waals surface area contributed by atoms with Crippen LogP contribution in [-0.2, 0) is 26.2 Å². The van der Waals surface area contributed by atoms with E-state index in [1.165, 1.54) is 4.90 Å². The van der Waals surface area contributed by atoms with Crippen LogP contribution in [0.4, 0.5) is 5.69 Å². The van der Waals surface area contributed by atoms with E-state index in [2.05, 4.69) is 21.2 Å². The van der Waals surface area contributed by atoms with Crippen molar-refractivity contribution < 1.29 is 18.0 Å². The normalized spacial score (nSPS) is 12.3. The molecule has 2 rings (SSSR count). The average molecular weight is 524 g/mol. The second kappa shape index (κ2) is 11.0. The maximum absolute atomic E-state index is 13.4. The van der Waals surface area contributed by atoms with Crippen molar-refractivity contribution in [3.05, 3.63) is 64.1 Å². The smallest absolute Gasteiger partial charge is 0.244 e. The first-order valence-electron chi connectivity index (χ1n) is 10.3. The van der Waals surface area contributed by atoms with Gasteiger partial charge < -0.3 is 10.2 Å². The zero-order chi connectivity index (χ0) is 24.1. The molecular formula is C23H30BrN3O4S. The molecule has 0 aliphatic heterocycles. The summed E-state index contributed by atoms with van der Waals surface area (Å²) in [5.74, 6) is -0.764. The van der Waals surface area contributed by atoms with Gasteiger partial charge in [-0.25, -0.2) is 8.42 Å². The van der Waals surface area contributed by atoms with E-state index in [9.17, 15) is 18.0 Å². The Morgan fingerprint density at radius 1 is 1.00 bits per heavy atom. The highest BCUT2D eigenvalue weighted by Gasteiger charge is 2.30. The Morgan fingerprint density at radius 2 is 1.56 bits per heavy atom. The first-order valence-corrected chi connectivity index (χ1v) is 12.9. The Balaban J connectivity index is 2.36. The third-order valence-electron chi connectivity index (χ3n) is 4.87. The number of amides is 2. The topological polar surface area (TPSA) is 86.8 Å². The van der Waals surface area contributed by atoms with E-state index in [4.69, 9.17) is 0 Å². The fourth-order valence-corrected chi connectivity index (χ4v) is 4.21. The van der Waals surface area contributed by atoms with E-state index in [1.807, 2.05) is 45.0 Å². The van der Waals surface area contributed by atoms with Crippen LogP contribution in [0.5, 0.6) is 0 Å². The summed E-state index contributed by atoms with van der Waals surface area (Å²) in [6.45, 7) is 7.07. The van der Waals surface area contributed by atoms with Gasteiger partial charge in [-0.2, -0.15) is 0 Å². The van der Waals surface area contributed by atoms with E-state index in [0.29, 0.717) is 5.69 Å². The fraction of sp³-hybridized carbons (Fsp3) is 0.391. The predicted molar refractivity (Wildman–Crippen MR) is 131 cm³/mol.